The van der Waals surface area contributed by atoms with E-state index in [2.05, 4.69) is 0 Å². The molecule has 0 saturated heterocycles. The topological polar surface area (TPSA) is 55.8 Å². The molecule has 0 spiro atoms. The standard InChI is InChI=1S/C9H14O4/c1-9(2,3)13-8(11)6-4-12-5-7(6)10/h5-6,10H,4H2,1-3H3. The van der Waals surface area contributed by atoms with Gasteiger partial charge >= 0.3 is 5.97 Å². The van der Waals surface area contributed by atoms with E-state index in [1.165, 1.54) is 6.26 Å². The monoisotopic (exact) mass is 186 g/mol. The number of carbonyl (C=O) groups is 1. The molecule has 0 aromatic heterocycles. The van der Waals surface area contributed by atoms with Crippen LogP contribution < -0.4 is 0 Å². The maximum absolute atomic E-state index is 11.4. The van der Waals surface area contributed by atoms with E-state index in [0.717, 1.165) is 0 Å². The molecule has 0 aliphatic carbocycles. The summed E-state index contributed by atoms with van der Waals surface area (Å²) in [6.07, 6.45) is 1.18. The van der Waals surface area contributed by atoms with Crippen molar-refractivity contribution in [1.82, 2.24) is 0 Å². The summed E-state index contributed by atoms with van der Waals surface area (Å²) in [5.74, 6) is -1.16. The third-order valence-corrected chi connectivity index (χ3v) is 1.52. The predicted octanol–water partition coefficient (Wildman–Crippen LogP) is 1.37. The maximum atomic E-state index is 11.4. The first-order chi connectivity index (χ1) is 5.90. The van der Waals surface area contributed by atoms with E-state index >= 15 is 0 Å². The molecule has 74 valence electrons. The van der Waals surface area contributed by atoms with Crippen molar-refractivity contribution in [2.24, 2.45) is 5.92 Å². The van der Waals surface area contributed by atoms with E-state index in [-0.39, 0.29) is 12.4 Å². The van der Waals surface area contributed by atoms with Crippen molar-refractivity contribution < 1.29 is 19.4 Å². The Kier molecular flexibility index (Phi) is 2.50. The van der Waals surface area contributed by atoms with Crippen LogP contribution in [-0.2, 0) is 14.3 Å². The van der Waals surface area contributed by atoms with Gasteiger partial charge in [-0.15, -0.1) is 0 Å². The number of aliphatic hydroxyl groups is 1. The first kappa shape index (κ1) is 9.89. The van der Waals surface area contributed by atoms with Crippen molar-refractivity contribution in [3.63, 3.8) is 0 Å². The highest BCUT2D eigenvalue weighted by molar-refractivity contribution is 5.76. The van der Waals surface area contributed by atoms with E-state index in [4.69, 9.17) is 9.47 Å². The molecule has 0 fully saturated rings. The zero-order valence-electron chi connectivity index (χ0n) is 8.03. The molecule has 1 rings (SSSR count). The maximum Gasteiger partial charge on any atom is 0.320 e. The van der Waals surface area contributed by atoms with Gasteiger partial charge in [-0.1, -0.05) is 0 Å². The Balaban J connectivity index is 2.54. The molecule has 1 heterocycles. The second-order valence-electron chi connectivity index (χ2n) is 3.96. The highest BCUT2D eigenvalue weighted by Gasteiger charge is 2.32. The lowest BCUT2D eigenvalue weighted by Gasteiger charge is -2.21. The molecule has 1 atom stereocenters. The van der Waals surface area contributed by atoms with Gasteiger partial charge in [0.1, 0.15) is 24.2 Å². The Morgan fingerprint density at radius 2 is 2.31 bits per heavy atom. The number of aliphatic hydroxyl groups excluding tert-OH is 1. The molecule has 4 nitrogen and oxygen atoms in total. The van der Waals surface area contributed by atoms with Crippen molar-refractivity contribution in [2.45, 2.75) is 26.4 Å². The van der Waals surface area contributed by atoms with Crippen LogP contribution in [0.5, 0.6) is 0 Å². The molecule has 1 aliphatic heterocycles. The largest absolute Gasteiger partial charge is 0.508 e. The Hall–Kier alpha value is -1.19. The summed E-state index contributed by atoms with van der Waals surface area (Å²) in [5, 5.41) is 9.19. The van der Waals surface area contributed by atoms with Crippen LogP contribution in [0.1, 0.15) is 20.8 Å². The number of hydrogen-bond acceptors (Lipinski definition) is 4. The highest BCUT2D eigenvalue weighted by atomic mass is 16.6. The van der Waals surface area contributed by atoms with Crippen LogP contribution in [0, 0.1) is 5.92 Å². The third-order valence-electron chi connectivity index (χ3n) is 1.52. The van der Waals surface area contributed by atoms with Crippen LogP contribution in [0.3, 0.4) is 0 Å². The van der Waals surface area contributed by atoms with Gasteiger partial charge in [0.15, 0.2) is 5.92 Å². The molecule has 0 bridgehead atoms. The summed E-state index contributed by atoms with van der Waals surface area (Å²) in [6.45, 7) is 5.51. The second-order valence-corrected chi connectivity index (χ2v) is 3.96. The molecule has 0 saturated carbocycles. The molecule has 0 aromatic carbocycles. The van der Waals surface area contributed by atoms with Crippen molar-refractivity contribution >= 4 is 5.97 Å². The fourth-order valence-electron chi connectivity index (χ4n) is 0.959. The Morgan fingerprint density at radius 1 is 1.69 bits per heavy atom. The van der Waals surface area contributed by atoms with E-state index in [0.29, 0.717) is 0 Å². The Labute approximate surface area is 77.1 Å². The smallest absolute Gasteiger partial charge is 0.320 e. The molecule has 0 amide bonds. The van der Waals surface area contributed by atoms with Crippen LogP contribution in [0.4, 0.5) is 0 Å². The van der Waals surface area contributed by atoms with Gasteiger partial charge in [0.05, 0.1) is 0 Å². The lowest BCUT2D eigenvalue weighted by Crippen LogP contribution is -2.30. The summed E-state index contributed by atoms with van der Waals surface area (Å²) in [4.78, 5) is 11.4. The average molecular weight is 186 g/mol. The van der Waals surface area contributed by atoms with Crippen LogP contribution in [0.2, 0.25) is 0 Å². The number of esters is 1. The predicted molar refractivity (Wildman–Crippen MR) is 46.0 cm³/mol. The van der Waals surface area contributed by atoms with E-state index in [1.54, 1.807) is 20.8 Å². The lowest BCUT2D eigenvalue weighted by atomic mass is 10.1. The Bertz CT molecular complexity index is 236. The summed E-state index contributed by atoms with van der Waals surface area (Å²) < 4.78 is 9.86. The Morgan fingerprint density at radius 3 is 2.69 bits per heavy atom. The zero-order valence-corrected chi connectivity index (χ0v) is 8.03. The van der Waals surface area contributed by atoms with Crippen LogP contribution in [-0.4, -0.2) is 23.3 Å². The first-order valence-electron chi connectivity index (χ1n) is 4.13. The van der Waals surface area contributed by atoms with E-state index < -0.39 is 17.5 Å². The normalized spacial score (nSPS) is 22.1. The zero-order chi connectivity index (χ0) is 10.1. The second kappa shape index (κ2) is 3.28. The molecule has 1 N–H and O–H groups in total. The van der Waals surface area contributed by atoms with Crippen molar-refractivity contribution in [1.29, 1.82) is 0 Å². The average Bonchev–Trinajstić information content (AvgIpc) is 2.30. The van der Waals surface area contributed by atoms with Gasteiger partial charge < -0.3 is 14.6 Å². The number of rotatable bonds is 1. The number of hydrogen-bond donors (Lipinski definition) is 1. The minimum Gasteiger partial charge on any atom is -0.508 e. The van der Waals surface area contributed by atoms with Gasteiger partial charge in [-0.05, 0) is 20.8 Å². The molecule has 1 unspecified atom stereocenters. The number of ether oxygens (including phenoxy) is 2. The summed E-state index contributed by atoms with van der Waals surface area (Å²) in [5.41, 5.74) is -0.528. The molecule has 4 heteroatoms. The van der Waals surface area contributed by atoms with Crippen LogP contribution in [0.25, 0.3) is 0 Å². The van der Waals surface area contributed by atoms with Crippen LogP contribution in [0.15, 0.2) is 12.0 Å². The molecule has 0 radical (unpaired) electrons. The number of carbonyl (C=O) groups excluding carboxylic acids is 1. The molecular weight excluding hydrogens is 172 g/mol. The molecule has 1 aliphatic rings. The van der Waals surface area contributed by atoms with Crippen molar-refractivity contribution in [3.05, 3.63) is 12.0 Å². The minimum absolute atomic E-state index is 0.0609. The lowest BCUT2D eigenvalue weighted by molar-refractivity contribution is -0.159. The molecular formula is C9H14O4. The minimum atomic E-state index is -0.653. The fraction of sp³-hybridized carbons (Fsp3) is 0.667. The molecule has 13 heavy (non-hydrogen) atoms. The van der Waals surface area contributed by atoms with E-state index in [9.17, 15) is 9.90 Å². The van der Waals surface area contributed by atoms with Crippen LogP contribution >= 0.6 is 0 Å². The van der Waals surface area contributed by atoms with E-state index in [1.807, 2.05) is 0 Å². The van der Waals surface area contributed by atoms with Gasteiger partial charge in [-0.25, -0.2) is 0 Å². The summed E-state index contributed by atoms with van der Waals surface area (Å²) in [6, 6.07) is 0. The van der Waals surface area contributed by atoms with Gasteiger partial charge in [0.2, 0.25) is 0 Å². The fourth-order valence-corrected chi connectivity index (χ4v) is 0.959. The summed E-state index contributed by atoms with van der Waals surface area (Å²) in [7, 11) is 0. The van der Waals surface area contributed by atoms with Gasteiger partial charge in [-0.3, -0.25) is 4.79 Å². The summed E-state index contributed by atoms with van der Waals surface area (Å²) >= 11 is 0. The highest BCUT2D eigenvalue weighted by Crippen LogP contribution is 2.20. The van der Waals surface area contributed by atoms with Crippen molar-refractivity contribution in [3.8, 4) is 0 Å². The third kappa shape index (κ3) is 2.65. The SMILES string of the molecule is CC(C)(C)OC(=O)C1COC=C1O. The van der Waals surface area contributed by atoms with Gasteiger partial charge in [-0.2, -0.15) is 0 Å². The van der Waals surface area contributed by atoms with Gasteiger partial charge in [0.25, 0.3) is 0 Å². The van der Waals surface area contributed by atoms with Crippen molar-refractivity contribution in [2.75, 3.05) is 6.61 Å². The quantitative estimate of drug-likeness (QED) is 0.628. The molecule has 0 aromatic rings. The first-order valence-corrected chi connectivity index (χ1v) is 4.13. The van der Waals surface area contributed by atoms with Gasteiger partial charge in [0, 0.05) is 0 Å².